The first-order valence-electron chi connectivity index (χ1n) is 6.62. The van der Waals surface area contributed by atoms with Gasteiger partial charge in [0.05, 0.1) is 11.3 Å². The fourth-order valence-electron chi connectivity index (χ4n) is 2.61. The Morgan fingerprint density at radius 3 is 2.62 bits per heavy atom. The number of halogens is 3. The second-order valence-electron chi connectivity index (χ2n) is 4.93. The van der Waals surface area contributed by atoms with E-state index in [2.05, 4.69) is 0 Å². The molecule has 1 aliphatic heterocycles. The van der Waals surface area contributed by atoms with Crippen molar-refractivity contribution in [2.45, 2.75) is 12.8 Å². The summed E-state index contributed by atoms with van der Waals surface area (Å²) < 4.78 is 40.7. The van der Waals surface area contributed by atoms with Crippen LogP contribution in [0.5, 0.6) is 0 Å². The van der Waals surface area contributed by atoms with Gasteiger partial charge in [-0.3, -0.25) is 4.79 Å². The maximum Gasteiger partial charge on any atom is 0.261 e. The molecule has 1 amide bonds. The van der Waals surface area contributed by atoms with Crippen molar-refractivity contribution < 1.29 is 18.0 Å². The van der Waals surface area contributed by atoms with E-state index in [1.165, 1.54) is 11.0 Å². The first-order chi connectivity index (χ1) is 10.1. The van der Waals surface area contributed by atoms with E-state index in [4.69, 9.17) is 0 Å². The maximum atomic E-state index is 14.0. The van der Waals surface area contributed by atoms with Crippen molar-refractivity contribution in [2.75, 3.05) is 11.4 Å². The average molecular weight is 291 g/mol. The summed E-state index contributed by atoms with van der Waals surface area (Å²) >= 11 is 0. The van der Waals surface area contributed by atoms with Crippen LogP contribution in [0.4, 0.5) is 18.9 Å². The molecule has 1 aliphatic rings. The zero-order chi connectivity index (χ0) is 15.0. The third-order valence-corrected chi connectivity index (χ3v) is 3.57. The standard InChI is InChI=1S/C16H12F3NO/c17-11-6-7-12(14(19)9-11)16(21)20-8-2-4-10-3-1-5-13(18)15(10)20/h1,3,5-7,9H,2,4,8H2. The van der Waals surface area contributed by atoms with Gasteiger partial charge in [0.2, 0.25) is 0 Å². The predicted octanol–water partition coefficient (Wildman–Crippen LogP) is 3.70. The molecule has 2 nitrogen and oxygen atoms in total. The van der Waals surface area contributed by atoms with Crippen molar-refractivity contribution in [3.8, 4) is 0 Å². The van der Waals surface area contributed by atoms with E-state index in [1.54, 1.807) is 12.1 Å². The predicted molar refractivity (Wildman–Crippen MR) is 72.8 cm³/mol. The van der Waals surface area contributed by atoms with Crippen molar-refractivity contribution in [1.82, 2.24) is 0 Å². The first kappa shape index (κ1) is 13.7. The minimum absolute atomic E-state index is 0.192. The molecular weight excluding hydrogens is 279 g/mol. The maximum absolute atomic E-state index is 14.0. The molecule has 0 atom stereocenters. The molecule has 0 saturated heterocycles. The highest BCUT2D eigenvalue weighted by atomic mass is 19.1. The van der Waals surface area contributed by atoms with Crippen LogP contribution in [0.2, 0.25) is 0 Å². The minimum atomic E-state index is -0.941. The lowest BCUT2D eigenvalue weighted by Crippen LogP contribution is -2.36. The summed E-state index contributed by atoms with van der Waals surface area (Å²) in [4.78, 5) is 13.7. The molecule has 0 saturated carbocycles. The third kappa shape index (κ3) is 2.39. The van der Waals surface area contributed by atoms with E-state index in [-0.39, 0.29) is 11.3 Å². The molecule has 3 rings (SSSR count). The highest BCUT2D eigenvalue weighted by molar-refractivity contribution is 6.07. The number of rotatable bonds is 1. The lowest BCUT2D eigenvalue weighted by molar-refractivity contribution is 0.0980. The molecule has 1 heterocycles. The molecule has 0 aromatic heterocycles. The summed E-state index contributed by atoms with van der Waals surface area (Å²) in [6, 6.07) is 7.36. The van der Waals surface area contributed by atoms with Crippen molar-refractivity contribution in [3.05, 3.63) is 65.0 Å². The van der Waals surface area contributed by atoms with Gasteiger partial charge in [0.1, 0.15) is 17.5 Å². The average Bonchev–Trinajstić information content (AvgIpc) is 2.46. The Morgan fingerprint density at radius 1 is 1.05 bits per heavy atom. The molecule has 0 radical (unpaired) electrons. The van der Waals surface area contributed by atoms with E-state index in [9.17, 15) is 18.0 Å². The van der Waals surface area contributed by atoms with Crippen LogP contribution >= 0.6 is 0 Å². The molecular formula is C16H12F3NO. The van der Waals surface area contributed by atoms with E-state index in [1.807, 2.05) is 0 Å². The van der Waals surface area contributed by atoms with E-state index >= 15 is 0 Å². The van der Waals surface area contributed by atoms with Gasteiger partial charge >= 0.3 is 0 Å². The second kappa shape index (κ2) is 5.24. The van der Waals surface area contributed by atoms with Gasteiger partial charge in [0.25, 0.3) is 5.91 Å². The quantitative estimate of drug-likeness (QED) is 0.784. The molecule has 108 valence electrons. The number of nitrogens with zero attached hydrogens (tertiary/aromatic N) is 1. The highest BCUT2D eigenvalue weighted by Gasteiger charge is 2.27. The van der Waals surface area contributed by atoms with E-state index < -0.39 is 23.4 Å². The summed E-state index contributed by atoms with van der Waals surface area (Å²) in [5.41, 5.74) is 0.655. The molecule has 21 heavy (non-hydrogen) atoms. The van der Waals surface area contributed by atoms with Gasteiger partial charge in [0.15, 0.2) is 0 Å². The SMILES string of the molecule is O=C(c1ccc(F)cc1F)N1CCCc2cccc(F)c21. The molecule has 0 aliphatic carbocycles. The summed E-state index contributed by atoms with van der Waals surface area (Å²) in [6.07, 6.45) is 1.34. The van der Waals surface area contributed by atoms with Gasteiger partial charge in [-0.25, -0.2) is 13.2 Å². The van der Waals surface area contributed by atoms with Crippen LogP contribution in [0.25, 0.3) is 0 Å². The smallest absolute Gasteiger partial charge is 0.261 e. The molecule has 2 aromatic carbocycles. The van der Waals surface area contributed by atoms with Crippen LogP contribution in [-0.4, -0.2) is 12.5 Å². The topological polar surface area (TPSA) is 20.3 Å². The number of amides is 1. The van der Waals surface area contributed by atoms with Crippen LogP contribution in [0.1, 0.15) is 22.3 Å². The van der Waals surface area contributed by atoms with Crippen molar-refractivity contribution >= 4 is 11.6 Å². The number of anilines is 1. The van der Waals surface area contributed by atoms with Gasteiger partial charge in [0, 0.05) is 12.6 Å². The van der Waals surface area contributed by atoms with Crippen LogP contribution in [0.3, 0.4) is 0 Å². The Balaban J connectivity index is 2.04. The number of carbonyl (C=O) groups is 1. The first-order valence-corrected chi connectivity index (χ1v) is 6.62. The van der Waals surface area contributed by atoms with Gasteiger partial charge in [-0.05, 0) is 36.6 Å². The molecule has 2 aromatic rings. The molecule has 5 heteroatoms. The molecule has 0 bridgehead atoms. The Kier molecular flexibility index (Phi) is 3.41. The summed E-state index contributed by atoms with van der Waals surface area (Å²) in [6.45, 7) is 0.309. The fourth-order valence-corrected chi connectivity index (χ4v) is 2.61. The largest absolute Gasteiger partial charge is 0.305 e. The van der Waals surface area contributed by atoms with Gasteiger partial charge in [-0.1, -0.05) is 12.1 Å². The number of carbonyl (C=O) groups excluding carboxylic acids is 1. The number of benzene rings is 2. The fraction of sp³-hybridized carbons (Fsp3) is 0.188. The van der Waals surface area contributed by atoms with Gasteiger partial charge in [-0.15, -0.1) is 0 Å². The molecule has 0 fully saturated rings. The second-order valence-corrected chi connectivity index (χ2v) is 4.93. The van der Waals surface area contributed by atoms with Crippen molar-refractivity contribution in [1.29, 1.82) is 0 Å². The Labute approximate surface area is 119 Å². The molecule has 0 N–H and O–H groups in total. The van der Waals surface area contributed by atoms with Crippen LogP contribution in [0.15, 0.2) is 36.4 Å². The molecule has 0 spiro atoms. The van der Waals surface area contributed by atoms with Gasteiger partial charge < -0.3 is 4.90 Å². The Hall–Kier alpha value is -2.30. The number of para-hydroxylation sites is 1. The molecule has 0 unspecified atom stereocenters. The number of hydrogen-bond donors (Lipinski definition) is 0. The van der Waals surface area contributed by atoms with E-state index in [0.717, 1.165) is 17.7 Å². The highest BCUT2D eigenvalue weighted by Crippen LogP contribution is 2.31. The summed E-state index contributed by atoms with van der Waals surface area (Å²) in [5.74, 6) is -2.86. The summed E-state index contributed by atoms with van der Waals surface area (Å²) in [7, 11) is 0. The minimum Gasteiger partial charge on any atom is -0.305 e. The number of hydrogen-bond acceptors (Lipinski definition) is 1. The number of aryl methyl sites for hydroxylation is 1. The zero-order valence-electron chi connectivity index (χ0n) is 11.1. The third-order valence-electron chi connectivity index (χ3n) is 3.57. The van der Waals surface area contributed by atoms with Crippen LogP contribution in [0, 0.1) is 17.5 Å². The van der Waals surface area contributed by atoms with Crippen LogP contribution in [-0.2, 0) is 6.42 Å². The Bertz CT molecular complexity index is 715. The zero-order valence-corrected chi connectivity index (χ0v) is 11.1. The van der Waals surface area contributed by atoms with Gasteiger partial charge in [-0.2, -0.15) is 0 Å². The normalized spacial score (nSPS) is 14.0. The number of fused-ring (bicyclic) bond motifs is 1. The van der Waals surface area contributed by atoms with Crippen molar-refractivity contribution in [2.24, 2.45) is 0 Å². The van der Waals surface area contributed by atoms with Crippen molar-refractivity contribution in [3.63, 3.8) is 0 Å². The lowest BCUT2D eigenvalue weighted by Gasteiger charge is -2.30. The Morgan fingerprint density at radius 2 is 1.86 bits per heavy atom. The summed E-state index contributed by atoms with van der Waals surface area (Å²) in [5, 5.41) is 0. The lowest BCUT2D eigenvalue weighted by atomic mass is 10.00. The monoisotopic (exact) mass is 291 g/mol. The van der Waals surface area contributed by atoms with Crippen LogP contribution < -0.4 is 4.90 Å². The van der Waals surface area contributed by atoms with E-state index in [0.29, 0.717) is 25.5 Å².